The van der Waals surface area contributed by atoms with E-state index in [1.165, 1.54) is 57.8 Å². The number of hydrogen-bond donors (Lipinski definition) is 3. The molecule has 0 aliphatic carbocycles. The summed E-state index contributed by atoms with van der Waals surface area (Å²) in [5, 5.41) is 22.5. The minimum Gasteiger partial charge on any atom is -1.00 e. The first-order valence-electron chi connectivity index (χ1n) is 6.67. The molecule has 5 heteroatoms. The predicted molar refractivity (Wildman–Crippen MR) is 70.7 cm³/mol. The third kappa shape index (κ3) is 36.0. The normalized spacial score (nSPS) is 9.00. The summed E-state index contributed by atoms with van der Waals surface area (Å²) in [6, 6.07) is 0. The molecule has 0 unspecified atom stereocenters. The van der Waals surface area contributed by atoms with E-state index in [2.05, 4.69) is 6.92 Å². The molecule has 0 aromatic rings. The first kappa shape index (κ1) is 23.9. The number of aliphatic hydroxyl groups is 1. The van der Waals surface area contributed by atoms with Gasteiger partial charge in [-0.2, -0.15) is 0 Å². The molecule has 0 bridgehead atoms. The van der Waals surface area contributed by atoms with Gasteiger partial charge in [0.05, 0.1) is 0 Å². The van der Waals surface area contributed by atoms with Crippen molar-refractivity contribution in [3.8, 4) is 0 Å². The molecule has 4 nitrogen and oxygen atoms in total. The van der Waals surface area contributed by atoms with Crippen LogP contribution in [0.5, 0.6) is 0 Å². The van der Waals surface area contributed by atoms with Crippen molar-refractivity contribution in [2.45, 2.75) is 71.1 Å². The number of rotatable bonds is 10. The van der Waals surface area contributed by atoms with E-state index in [1.54, 1.807) is 0 Å². The summed E-state index contributed by atoms with van der Waals surface area (Å²) in [5.74, 6) is 0. The van der Waals surface area contributed by atoms with Crippen molar-refractivity contribution in [2.75, 3.05) is 6.61 Å². The van der Waals surface area contributed by atoms with E-state index in [0.29, 0.717) is 6.61 Å². The number of carbonyl (C=O) groups is 1. The number of unbranched alkanes of at least 4 members (excludes halogenated alkanes) is 9. The summed E-state index contributed by atoms with van der Waals surface area (Å²) in [5.41, 5.74) is 0. The Balaban J connectivity index is -0.000000165. The average Bonchev–Trinajstić information content (AvgIpc) is 2.26. The van der Waals surface area contributed by atoms with Crippen molar-refractivity contribution in [1.29, 1.82) is 0 Å². The van der Waals surface area contributed by atoms with Gasteiger partial charge in [0, 0.05) is 6.61 Å². The van der Waals surface area contributed by atoms with E-state index in [9.17, 15) is 0 Å². The van der Waals surface area contributed by atoms with Crippen LogP contribution in [0.4, 0.5) is 4.79 Å². The number of carboxylic acid groups (broad SMARTS) is 2. The minimum absolute atomic E-state index is 0. The van der Waals surface area contributed by atoms with Crippen LogP contribution < -0.4 is 51.4 Å². The predicted octanol–water partition coefficient (Wildman–Crippen LogP) is 1.24. The molecule has 0 rings (SSSR count). The molecule has 0 heterocycles. The van der Waals surface area contributed by atoms with Crippen LogP contribution in [0.3, 0.4) is 0 Å². The molecule has 0 fully saturated rings. The third-order valence-corrected chi connectivity index (χ3v) is 2.51. The van der Waals surface area contributed by atoms with Crippen LogP contribution in [0.15, 0.2) is 0 Å². The van der Waals surface area contributed by atoms with Gasteiger partial charge in [0.1, 0.15) is 0 Å². The molecule has 0 atom stereocenters. The molecule has 0 aromatic heterocycles. The molecular weight excluding hydrogens is 259 g/mol. The maximum absolute atomic E-state index is 8.57. The summed E-state index contributed by atoms with van der Waals surface area (Å²) >= 11 is 0. The van der Waals surface area contributed by atoms with Crippen molar-refractivity contribution in [3.63, 3.8) is 0 Å². The van der Waals surface area contributed by atoms with E-state index in [-0.39, 0.29) is 52.8 Å². The maximum Gasteiger partial charge on any atom is 1.00 e. The summed E-state index contributed by atoms with van der Waals surface area (Å²) in [4.78, 5) is 8.56. The van der Waals surface area contributed by atoms with Gasteiger partial charge in [-0.05, 0) is 6.42 Å². The van der Waals surface area contributed by atoms with Crippen molar-refractivity contribution in [3.05, 3.63) is 0 Å². The standard InChI is InChI=1S/C12H26O.CH2O3.K.H/c1-2-3-4-5-6-7-8-9-10-11-12-13;2-1(3)4;;/h13H,2-12H2,1H3;(H2,2,3,4);;/q;;+1;-1. The van der Waals surface area contributed by atoms with Crippen molar-refractivity contribution in [1.82, 2.24) is 0 Å². The molecule has 0 saturated carbocycles. The first-order chi connectivity index (χ1) is 8.15. The van der Waals surface area contributed by atoms with Crippen LogP contribution in [0.25, 0.3) is 0 Å². The van der Waals surface area contributed by atoms with Crippen molar-refractivity contribution < 1.29 is 72.9 Å². The molecule has 0 aliphatic rings. The van der Waals surface area contributed by atoms with Gasteiger partial charge in [-0.1, -0.05) is 64.7 Å². The summed E-state index contributed by atoms with van der Waals surface area (Å²) < 4.78 is 0. The van der Waals surface area contributed by atoms with Crippen LogP contribution in [-0.2, 0) is 0 Å². The first-order valence-corrected chi connectivity index (χ1v) is 6.67. The Labute approximate surface area is 155 Å². The molecule has 0 radical (unpaired) electrons. The van der Waals surface area contributed by atoms with E-state index in [1.807, 2.05) is 0 Å². The van der Waals surface area contributed by atoms with Gasteiger partial charge in [-0.25, -0.2) is 4.79 Å². The molecule has 3 N–H and O–H groups in total. The molecular formula is C13H29KO4. The summed E-state index contributed by atoms with van der Waals surface area (Å²) in [6.07, 6.45) is 11.5. The smallest absolute Gasteiger partial charge is 1.00 e. The van der Waals surface area contributed by atoms with Gasteiger partial charge in [-0.3, -0.25) is 0 Å². The summed E-state index contributed by atoms with van der Waals surface area (Å²) in [7, 11) is 0. The van der Waals surface area contributed by atoms with Gasteiger partial charge in [0.25, 0.3) is 0 Å². The van der Waals surface area contributed by atoms with Gasteiger partial charge in [-0.15, -0.1) is 0 Å². The third-order valence-electron chi connectivity index (χ3n) is 2.51. The van der Waals surface area contributed by atoms with Crippen LogP contribution in [0.2, 0.25) is 0 Å². The second-order valence-corrected chi connectivity index (χ2v) is 4.19. The topological polar surface area (TPSA) is 77.8 Å². The molecule has 0 aliphatic heterocycles. The van der Waals surface area contributed by atoms with Gasteiger partial charge >= 0.3 is 57.5 Å². The monoisotopic (exact) mass is 288 g/mol. The fourth-order valence-corrected chi connectivity index (χ4v) is 1.60. The Bertz CT molecular complexity index is 146. The van der Waals surface area contributed by atoms with E-state index in [0.717, 1.165) is 6.42 Å². The largest absolute Gasteiger partial charge is 1.00 e. The molecule has 0 aromatic carbocycles. The van der Waals surface area contributed by atoms with Gasteiger partial charge < -0.3 is 16.7 Å². The number of aliphatic hydroxyl groups excluding tert-OH is 1. The molecule has 0 spiro atoms. The Hall–Kier alpha value is 0.866. The SMILES string of the molecule is CCCCCCCCCCCCO.O=C(O)O.[H-].[K+]. The molecule has 0 amide bonds. The van der Waals surface area contributed by atoms with Crippen LogP contribution in [-0.4, -0.2) is 28.1 Å². The maximum atomic E-state index is 8.57. The average molecular weight is 288 g/mol. The Morgan fingerprint density at radius 3 is 1.39 bits per heavy atom. The Morgan fingerprint density at radius 2 is 1.11 bits per heavy atom. The van der Waals surface area contributed by atoms with Crippen molar-refractivity contribution >= 4 is 6.16 Å². The van der Waals surface area contributed by atoms with Crippen LogP contribution in [0, 0.1) is 0 Å². The second-order valence-electron chi connectivity index (χ2n) is 4.19. The van der Waals surface area contributed by atoms with Crippen molar-refractivity contribution in [2.24, 2.45) is 0 Å². The fraction of sp³-hybridized carbons (Fsp3) is 0.923. The quantitative estimate of drug-likeness (QED) is 0.417. The van der Waals surface area contributed by atoms with Crippen LogP contribution >= 0.6 is 0 Å². The zero-order valence-electron chi connectivity index (χ0n) is 13.0. The van der Waals surface area contributed by atoms with Crippen LogP contribution in [0.1, 0.15) is 72.6 Å². The van der Waals surface area contributed by atoms with E-state index in [4.69, 9.17) is 20.1 Å². The Morgan fingerprint density at radius 1 is 0.833 bits per heavy atom. The second kappa shape index (κ2) is 23.0. The molecule has 0 saturated heterocycles. The minimum atomic E-state index is -1.83. The van der Waals surface area contributed by atoms with Gasteiger partial charge in [0.15, 0.2) is 0 Å². The molecule has 18 heavy (non-hydrogen) atoms. The Kier molecular flexibility index (Phi) is 30.6. The zero-order chi connectivity index (χ0) is 13.4. The van der Waals surface area contributed by atoms with E-state index < -0.39 is 6.16 Å². The summed E-state index contributed by atoms with van der Waals surface area (Å²) in [6.45, 7) is 2.63. The van der Waals surface area contributed by atoms with Gasteiger partial charge in [0.2, 0.25) is 0 Å². The molecule has 106 valence electrons. The number of hydrogen-bond acceptors (Lipinski definition) is 2. The van der Waals surface area contributed by atoms with E-state index >= 15 is 0 Å². The zero-order valence-corrected chi connectivity index (χ0v) is 15.2. The fourth-order valence-electron chi connectivity index (χ4n) is 1.60.